The Morgan fingerprint density at radius 1 is 1.39 bits per heavy atom. The number of hydrogen-bond acceptors (Lipinski definition) is 6. The average Bonchev–Trinajstić information content (AvgIpc) is 2.38. The van der Waals surface area contributed by atoms with Crippen LogP contribution >= 0.6 is 11.6 Å². The van der Waals surface area contributed by atoms with Gasteiger partial charge in [-0.1, -0.05) is 6.07 Å². The molecule has 0 radical (unpaired) electrons. The number of halogens is 1. The number of rotatable bonds is 3. The molecule has 2 rings (SSSR count). The average molecular weight is 265 g/mol. The highest BCUT2D eigenvalue weighted by molar-refractivity contribution is 6.28. The van der Waals surface area contributed by atoms with Crippen molar-refractivity contribution in [1.82, 2.24) is 15.0 Å². The SMILES string of the molecule is COC(=O)c1cccc(Nc2ncnc(Cl)n2)c1. The van der Waals surface area contributed by atoms with E-state index in [0.29, 0.717) is 17.2 Å². The summed E-state index contributed by atoms with van der Waals surface area (Å²) in [5.41, 5.74) is 1.09. The Morgan fingerprint density at radius 2 is 2.22 bits per heavy atom. The molecule has 1 heterocycles. The molecule has 0 aliphatic carbocycles. The predicted octanol–water partition coefficient (Wildman–Crippen LogP) is 2.06. The molecule has 0 aliphatic rings. The zero-order valence-corrected chi connectivity index (χ0v) is 10.2. The minimum absolute atomic E-state index is 0.0941. The van der Waals surface area contributed by atoms with Gasteiger partial charge in [0.2, 0.25) is 11.2 Å². The molecule has 0 atom stereocenters. The van der Waals surface area contributed by atoms with Crippen molar-refractivity contribution in [3.05, 3.63) is 41.4 Å². The highest BCUT2D eigenvalue weighted by atomic mass is 35.5. The summed E-state index contributed by atoms with van der Waals surface area (Å²) in [6, 6.07) is 6.77. The third kappa shape index (κ3) is 2.92. The number of nitrogens with zero attached hydrogens (tertiary/aromatic N) is 3. The maximum atomic E-state index is 11.4. The van der Waals surface area contributed by atoms with E-state index >= 15 is 0 Å². The number of carbonyl (C=O) groups is 1. The Labute approximate surface area is 108 Å². The molecule has 1 aromatic carbocycles. The number of nitrogens with one attached hydrogen (secondary N) is 1. The minimum Gasteiger partial charge on any atom is -0.465 e. The van der Waals surface area contributed by atoms with Gasteiger partial charge in [-0.3, -0.25) is 0 Å². The number of benzene rings is 1. The number of anilines is 2. The fourth-order valence-corrected chi connectivity index (χ4v) is 1.43. The van der Waals surface area contributed by atoms with Gasteiger partial charge in [-0.25, -0.2) is 14.8 Å². The second-order valence-corrected chi connectivity index (χ2v) is 3.61. The van der Waals surface area contributed by atoms with E-state index in [1.165, 1.54) is 13.4 Å². The summed E-state index contributed by atoms with van der Waals surface area (Å²) in [5, 5.41) is 3.00. The van der Waals surface area contributed by atoms with Gasteiger partial charge < -0.3 is 10.1 Å². The summed E-state index contributed by atoms with van der Waals surface area (Å²) in [4.78, 5) is 22.8. The molecule has 0 aliphatic heterocycles. The van der Waals surface area contributed by atoms with Crippen LogP contribution in [-0.2, 0) is 4.74 Å². The zero-order chi connectivity index (χ0) is 13.0. The van der Waals surface area contributed by atoms with Crippen LogP contribution in [0.15, 0.2) is 30.6 Å². The van der Waals surface area contributed by atoms with Gasteiger partial charge in [0.25, 0.3) is 0 Å². The van der Waals surface area contributed by atoms with Crippen LogP contribution in [0.2, 0.25) is 5.28 Å². The third-order valence-corrected chi connectivity index (χ3v) is 2.26. The minimum atomic E-state index is -0.410. The van der Waals surface area contributed by atoms with Crippen LogP contribution < -0.4 is 5.32 Å². The molecule has 0 fully saturated rings. The molecule has 1 aromatic heterocycles. The molecule has 2 aromatic rings. The van der Waals surface area contributed by atoms with Gasteiger partial charge in [-0.2, -0.15) is 4.98 Å². The standard InChI is InChI=1S/C11H9ClN4O2/c1-18-9(17)7-3-2-4-8(5-7)15-11-14-6-13-10(12)16-11/h2-6H,1H3,(H,13,14,15,16). The van der Waals surface area contributed by atoms with Gasteiger partial charge >= 0.3 is 5.97 Å². The van der Waals surface area contributed by atoms with E-state index in [9.17, 15) is 4.79 Å². The molecule has 18 heavy (non-hydrogen) atoms. The maximum Gasteiger partial charge on any atom is 0.337 e. The first-order valence-electron chi connectivity index (χ1n) is 4.99. The van der Waals surface area contributed by atoms with E-state index in [0.717, 1.165) is 0 Å². The fraction of sp³-hybridized carbons (Fsp3) is 0.0909. The number of hydrogen-bond donors (Lipinski definition) is 1. The molecule has 0 unspecified atom stereocenters. The Hall–Kier alpha value is -2.21. The van der Waals surface area contributed by atoms with E-state index in [2.05, 4.69) is 25.0 Å². The summed E-state index contributed by atoms with van der Waals surface area (Å²) in [6.45, 7) is 0. The van der Waals surface area contributed by atoms with Crippen molar-refractivity contribution in [2.45, 2.75) is 0 Å². The summed E-state index contributed by atoms with van der Waals surface area (Å²) in [5.74, 6) is -0.107. The zero-order valence-electron chi connectivity index (χ0n) is 9.42. The highest BCUT2D eigenvalue weighted by Crippen LogP contribution is 2.15. The van der Waals surface area contributed by atoms with E-state index in [4.69, 9.17) is 11.6 Å². The largest absolute Gasteiger partial charge is 0.465 e. The van der Waals surface area contributed by atoms with Gasteiger partial charge in [0.1, 0.15) is 6.33 Å². The number of esters is 1. The Balaban J connectivity index is 2.22. The fourth-order valence-electron chi connectivity index (χ4n) is 1.31. The molecule has 0 spiro atoms. The molecule has 7 heteroatoms. The molecular formula is C11H9ClN4O2. The molecule has 92 valence electrons. The van der Waals surface area contributed by atoms with Crippen molar-refractivity contribution in [2.24, 2.45) is 0 Å². The van der Waals surface area contributed by atoms with Crippen LogP contribution in [0.5, 0.6) is 0 Å². The Kier molecular flexibility index (Phi) is 3.69. The van der Waals surface area contributed by atoms with E-state index in [-0.39, 0.29) is 5.28 Å². The number of methoxy groups -OCH3 is 1. The van der Waals surface area contributed by atoms with Crippen LogP contribution in [-0.4, -0.2) is 28.0 Å². The van der Waals surface area contributed by atoms with Crippen molar-refractivity contribution in [1.29, 1.82) is 0 Å². The molecule has 0 amide bonds. The van der Waals surface area contributed by atoms with Crippen molar-refractivity contribution in [2.75, 3.05) is 12.4 Å². The lowest BCUT2D eigenvalue weighted by atomic mass is 10.2. The van der Waals surface area contributed by atoms with Crippen LogP contribution in [0.25, 0.3) is 0 Å². The quantitative estimate of drug-likeness (QED) is 0.855. The highest BCUT2D eigenvalue weighted by Gasteiger charge is 2.06. The lowest BCUT2D eigenvalue weighted by Gasteiger charge is -2.05. The summed E-state index contributed by atoms with van der Waals surface area (Å²) >= 11 is 5.64. The first kappa shape index (κ1) is 12.3. The van der Waals surface area contributed by atoms with E-state index in [1.54, 1.807) is 24.3 Å². The molecule has 0 saturated heterocycles. The second kappa shape index (κ2) is 5.42. The summed E-state index contributed by atoms with van der Waals surface area (Å²) in [6.07, 6.45) is 1.29. The van der Waals surface area contributed by atoms with Crippen LogP contribution in [0.1, 0.15) is 10.4 Å². The third-order valence-electron chi connectivity index (χ3n) is 2.08. The monoisotopic (exact) mass is 264 g/mol. The summed E-state index contributed by atoms with van der Waals surface area (Å²) < 4.78 is 4.63. The lowest BCUT2D eigenvalue weighted by molar-refractivity contribution is 0.0601. The number of aromatic nitrogens is 3. The maximum absolute atomic E-state index is 11.4. The van der Waals surface area contributed by atoms with E-state index < -0.39 is 5.97 Å². The molecular weight excluding hydrogens is 256 g/mol. The second-order valence-electron chi connectivity index (χ2n) is 3.28. The Bertz CT molecular complexity index is 576. The van der Waals surface area contributed by atoms with Crippen molar-refractivity contribution in [3.63, 3.8) is 0 Å². The van der Waals surface area contributed by atoms with Gasteiger partial charge in [0.05, 0.1) is 12.7 Å². The van der Waals surface area contributed by atoms with Gasteiger partial charge in [-0.15, -0.1) is 0 Å². The van der Waals surface area contributed by atoms with Crippen molar-refractivity contribution in [3.8, 4) is 0 Å². The smallest absolute Gasteiger partial charge is 0.337 e. The van der Waals surface area contributed by atoms with Gasteiger partial charge in [0.15, 0.2) is 0 Å². The van der Waals surface area contributed by atoms with Gasteiger partial charge in [0, 0.05) is 5.69 Å². The molecule has 0 saturated carbocycles. The Morgan fingerprint density at radius 3 is 2.94 bits per heavy atom. The van der Waals surface area contributed by atoms with Crippen molar-refractivity contribution >= 4 is 29.2 Å². The molecule has 1 N–H and O–H groups in total. The summed E-state index contributed by atoms with van der Waals surface area (Å²) in [7, 11) is 1.33. The normalized spacial score (nSPS) is 9.89. The molecule has 0 bridgehead atoms. The predicted molar refractivity (Wildman–Crippen MR) is 65.9 cm³/mol. The number of ether oxygens (including phenoxy) is 1. The molecule has 6 nitrogen and oxygen atoms in total. The topological polar surface area (TPSA) is 77.0 Å². The van der Waals surface area contributed by atoms with Crippen molar-refractivity contribution < 1.29 is 9.53 Å². The first-order chi connectivity index (χ1) is 8.69. The lowest BCUT2D eigenvalue weighted by Crippen LogP contribution is -2.03. The van der Waals surface area contributed by atoms with Gasteiger partial charge in [-0.05, 0) is 29.8 Å². The van der Waals surface area contributed by atoms with Crippen LogP contribution in [0, 0.1) is 0 Å². The van der Waals surface area contributed by atoms with Crippen LogP contribution in [0.4, 0.5) is 11.6 Å². The number of carbonyl (C=O) groups excluding carboxylic acids is 1. The van der Waals surface area contributed by atoms with Crippen LogP contribution in [0.3, 0.4) is 0 Å². The first-order valence-corrected chi connectivity index (χ1v) is 5.37. The van der Waals surface area contributed by atoms with E-state index in [1.807, 2.05) is 0 Å².